The zero-order valence-corrected chi connectivity index (χ0v) is 9.27. The molecule has 0 aliphatic heterocycles. The van der Waals surface area contributed by atoms with E-state index in [2.05, 4.69) is 0 Å². The van der Waals surface area contributed by atoms with Crippen LogP contribution in [0.4, 0.5) is 5.69 Å². The number of nitrogen functional groups attached to an aromatic ring is 1. The first-order valence-electron chi connectivity index (χ1n) is 4.83. The molecule has 0 aromatic heterocycles. The van der Waals surface area contributed by atoms with Crippen LogP contribution in [-0.4, -0.2) is 30.9 Å². The number of hydrogen-bond donors (Lipinski definition) is 2. The number of ether oxygens (including phenoxy) is 2. The number of carbonyl (C=O) groups is 1. The Kier molecular flexibility index (Phi) is 4.13. The van der Waals surface area contributed by atoms with Gasteiger partial charge in [-0.25, -0.2) is 4.79 Å². The quantitative estimate of drug-likeness (QED) is 0.456. The molecule has 0 aliphatic rings. The third-order valence-electron chi connectivity index (χ3n) is 1.95. The zero-order valence-electron chi connectivity index (χ0n) is 9.27. The Labute approximate surface area is 93.8 Å². The van der Waals surface area contributed by atoms with E-state index in [1.165, 1.54) is 25.3 Å². The highest BCUT2D eigenvalue weighted by Crippen LogP contribution is 2.21. The molecule has 0 saturated heterocycles. The molecule has 16 heavy (non-hydrogen) atoms. The summed E-state index contributed by atoms with van der Waals surface area (Å²) in [5.41, 5.74) is 5.96. The fraction of sp³-hybridized carbons (Fsp3) is 0.364. The summed E-state index contributed by atoms with van der Waals surface area (Å²) in [6.45, 7) is 2.00. The van der Waals surface area contributed by atoms with Crippen LogP contribution in [0.3, 0.4) is 0 Å². The maximum Gasteiger partial charge on any atom is 0.342 e. The van der Waals surface area contributed by atoms with Crippen LogP contribution in [0.5, 0.6) is 5.75 Å². The van der Waals surface area contributed by atoms with Gasteiger partial charge in [-0.3, -0.25) is 0 Å². The average molecular weight is 225 g/mol. The number of aromatic hydroxyl groups is 1. The summed E-state index contributed by atoms with van der Waals surface area (Å²) >= 11 is 0. The van der Waals surface area contributed by atoms with E-state index in [9.17, 15) is 9.90 Å². The molecule has 0 heterocycles. The molecule has 0 amide bonds. The molecule has 0 bridgehead atoms. The van der Waals surface area contributed by atoms with Crippen LogP contribution >= 0.6 is 0 Å². The fourth-order valence-electron chi connectivity index (χ4n) is 1.23. The Hall–Kier alpha value is -1.75. The predicted molar refractivity (Wildman–Crippen MR) is 59.3 cm³/mol. The molecule has 0 saturated carbocycles. The minimum atomic E-state index is -0.616. The summed E-state index contributed by atoms with van der Waals surface area (Å²) in [7, 11) is 1.52. The molecular weight excluding hydrogens is 210 g/mol. The van der Waals surface area contributed by atoms with Gasteiger partial charge in [0, 0.05) is 12.8 Å². The number of nitrogens with two attached hydrogens (primary N) is 1. The van der Waals surface area contributed by atoms with Crippen LogP contribution in [0.2, 0.25) is 0 Å². The standard InChI is InChI=1S/C11H15NO4/c1-7(6-15-2)16-11(14)9-5-8(12)3-4-10(9)13/h3-5,7,13H,6,12H2,1-2H3. The van der Waals surface area contributed by atoms with Crippen LogP contribution in [0, 0.1) is 0 Å². The summed E-state index contributed by atoms with van der Waals surface area (Å²) in [5, 5.41) is 9.46. The smallest absolute Gasteiger partial charge is 0.342 e. The lowest BCUT2D eigenvalue weighted by atomic mass is 10.2. The van der Waals surface area contributed by atoms with Crippen molar-refractivity contribution < 1.29 is 19.4 Å². The highest BCUT2D eigenvalue weighted by Gasteiger charge is 2.15. The van der Waals surface area contributed by atoms with E-state index in [-0.39, 0.29) is 17.4 Å². The molecule has 88 valence electrons. The lowest BCUT2D eigenvalue weighted by molar-refractivity contribution is 0.0118. The van der Waals surface area contributed by atoms with Gasteiger partial charge in [-0.1, -0.05) is 0 Å². The Morgan fingerprint density at radius 1 is 1.56 bits per heavy atom. The van der Waals surface area contributed by atoms with Crippen molar-refractivity contribution in [2.45, 2.75) is 13.0 Å². The molecule has 1 aromatic rings. The van der Waals surface area contributed by atoms with Gasteiger partial charge in [-0.05, 0) is 25.1 Å². The fourth-order valence-corrected chi connectivity index (χ4v) is 1.23. The van der Waals surface area contributed by atoms with Gasteiger partial charge in [-0.2, -0.15) is 0 Å². The number of phenolic OH excluding ortho intramolecular Hbond substituents is 1. The van der Waals surface area contributed by atoms with E-state index in [0.29, 0.717) is 12.3 Å². The number of phenols is 1. The van der Waals surface area contributed by atoms with Crippen LogP contribution in [0.15, 0.2) is 18.2 Å². The Morgan fingerprint density at radius 2 is 2.25 bits per heavy atom. The number of anilines is 1. The van der Waals surface area contributed by atoms with Gasteiger partial charge in [0.05, 0.1) is 6.61 Å². The molecule has 0 spiro atoms. The summed E-state index contributed by atoms with van der Waals surface area (Å²) in [6.07, 6.45) is -0.377. The molecule has 1 atom stereocenters. The molecule has 5 nitrogen and oxygen atoms in total. The second-order valence-corrected chi connectivity index (χ2v) is 3.45. The highest BCUT2D eigenvalue weighted by atomic mass is 16.6. The predicted octanol–water partition coefficient (Wildman–Crippen LogP) is 1.17. The van der Waals surface area contributed by atoms with Crippen LogP contribution in [0.25, 0.3) is 0 Å². The molecule has 3 N–H and O–H groups in total. The lowest BCUT2D eigenvalue weighted by Gasteiger charge is -2.12. The van der Waals surface area contributed by atoms with E-state index < -0.39 is 5.97 Å². The second kappa shape index (κ2) is 5.37. The normalized spacial score (nSPS) is 12.1. The van der Waals surface area contributed by atoms with Gasteiger partial charge >= 0.3 is 5.97 Å². The van der Waals surface area contributed by atoms with Gasteiger partial charge in [-0.15, -0.1) is 0 Å². The first kappa shape index (κ1) is 12.3. The first-order chi connectivity index (χ1) is 7.54. The summed E-state index contributed by atoms with van der Waals surface area (Å²) < 4.78 is 9.86. The van der Waals surface area contributed by atoms with Gasteiger partial charge in [0.1, 0.15) is 17.4 Å². The molecular formula is C11H15NO4. The third kappa shape index (κ3) is 3.13. The number of methoxy groups -OCH3 is 1. The molecule has 0 aliphatic carbocycles. The number of carbonyl (C=O) groups excluding carboxylic acids is 1. The van der Waals surface area contributed by atoms with Crippen molar-refractivity contribution >= 4 is 11.7 Å². The number of benzene rings is 1. The molecule has 0 radical (unpaired) electrons. The Bertz CT molecular complexity index is 378. The molecule has 0 fully saturated rings. The van der Waals surface area contributed by atoms with Crippen molar-refractivity contribution in [2.24, 2.45) is 0 Å². The lowest BCUT2D eigenvalue weighted by Crippen LogP contribution is -2.19. The Morgan fingerprint density at radius 3 is 2.88 bits per heavy atom. The van der Waals surface area contributed by atoms with Crippen molar-refractivity contribution in [3.8, 4) is 5.75 Å². The summed E-state index contributed by atoms with van der Waals surface area (Å²) in [5.74, 6) is -0.766. The van der Waals surface area contributed by atoms with Crippen LogP contribution < -0.4 is 5.73 Å². The maximum atomic E-state index is 11.6. The monoisotopic (exact) mass is 225 g/mol. The maximum absolute atomic E-state index is 11.6. The number of rotatable bonds is 4. The third-order valence-corrected chi connectivity index (χ3v) is 1.95. The molecule has 5 heteroatoms. The second-order valence-electron chi connectivity index (χ2n) is 3.45. The van der Waals surface area contributed by atoms with E-state index in [1.807, 2.05) is 0 Å². The van der Waals surface area contributed by atoms with E-state index in [4.69, 9.17) is 15.2 Å². The largest absolute Gasteiger partial charge is 0.507 e. The van der Waals surface area contributed by atoms with Crippen LogP contribution in [0.1, 0.15) is 17.3 Å². The van der Waals surface area contributed by atoms with Crippen LogP contribution in [-0.2, 0) is 9.47 Å². The first-order valence-corrected chi connectivity index (χ1v) is 4.83. The molecule has 1 aromatic carbocycles. The van der Waals surface area contributed by atoms with Gasteiger partial charge in [0.25, 0.3) is 0 Å². The van der Waals surface area contributed by atoms with Crippen molar-refractivity contribution in [1.29, 1.82) is 0 Å². The zero-order chi connectivity index (χ0) is 12.1. The summed E-state index contributed by atoms with van der Waals surface area (Å²) in [4.78, 5) is 11.6. The number of hydrogen-bond acceptors (Lipinski definition) is 5. The topological polar surface area (TPSA) is 81.8 Å². The summed E-state index contributed by atoms with van der Waals surface area (Å²) in [6, 6.07) is 4.23. The van der Waals surface area contributed by atoms with Gasteiger partial charge < -0.3 is 20.3 Å². The highest BCUT2D eigenvalue weighted by molar-refractivity contribution is 5.93. The van der Waals surface area contributed by atoms with Crippen molar-refractivity contribution in [1.82, 2.24) is 0 Å². The van der Waals surface area contributed by atoms with Gasteiger partial charge in [0.15, 0.2) is 0 Å². The van der Waals surface area contributed by atoms with Crippen molar-refractivity contribution in [3.63, 3.8) is 0 Å². The molecule has 1 rings (SSSR count). The Balaban J connectivity index is 2.76. The average Bonchev–Trinajstić information content (AvgIpc) is 2.21. The van der Waals surface area contributed by atoms with Crippen molar-refractivity contribution in [2.75, 3.05) is 19.5 Å². The van der Waals surface area contributed by atoms with E-state index >= 15 is 0 Å². The minimum absolute atomic E-state index is 0.0583. The van der Waals surface area contributed by atoms with E-state index in [1.54, 1.807) is 6.92 Å². The SMILES string of the molecule is COCC(C)OC(=O)c1cc(N)ccc1O. The molecule has 1 unspecified atom stereocenters. The van der Waals surface area contributed by atoms with E-state index in [0.717, 1.165) is 0 Å². The minimum Gasteiger partial charge on any atom is -0.507 e. The van der Waals surface area contributed by atoms with Gasteiger partial charge in [0.2, 0.25) is 0 Å². The van der Waals surface area contributed by atoms with Crippen molar-refractivity contribution in [3.05, 3.63) is 23.8 Å². The number of esters is 1.